The summed E-state index contributed by atoms with van der Waals surface area (Å²) in [5, 5.41) is 6.99. The third kappa shape index (κ3) is 2.65. The maximum Gasteiger partial charge on any atom is 0.152 e. The third-order valence-electron chi connectivity index (χ3n) is 4.01. The number of nitrogens with two attached hydrogens (primary N) is 1. The lowest BCUT2D eigenvalue weighted by Crippen LogP contribution is -1.99. The molecule has 116 valence electrons. The first-order valence-electron chi connectivity index (χ1n) is 8.14. The summed E-state index contributed by atoms with van der Waals surface area (Å²) in [6.45, 7) is 7.60. The molecule has 0 spiro atoms. The van der Waals surface area contributed by atoms with Gasteiger partial charge < -0.3 is 5.73 Å². The molecule has 0 bridgehead atoms. The highest BCUT2D eigenvalue weighted by atomic mass is 15.3. The monoisotopic (exact) mass is 296 g/mol. The molecule has 2 aromatic heterocycles. The SMILES string of the molecule is CCCCn1cc2c(n1)c(N)nc1cccc(CC(C)C)c12. The summed E-state index contributed by atoms with van der Waals surface area (Å²) in [5.74, 6) is 1.13. The predicted molar refractivity (Wildman–Crippen MR) is 92.9 cm³/mol. The maximum atomic E-state index is 6.13. The lowest BCUT2D eigenvalue weighted by atomic mass is 9.97. The smallest absolute Gasteiger partial charge is 0.152 e. The average Bonchev–Trinajstić information content (AvgIpc) is 2.89. The zero-order valence-corrected chi connectivity index (χ0v) is 13.6. The summed E-state index contributed by atoms with van der Waals surface area (Å²) in [7, 11) is 0. The number of rotatable bonds is 5. The van der Waals surface area contributed by atoms with Crippen molar-refractivity contribution in [2.24, 2.45) is 5.92 Å². The molecule has 0 radical (unpaired) electrons. The summed E-state index contributed by atoms with van der Waals surface area (Å²) in [4.78, 5) is 4.57. The van der Waals surface area contributed by atoms with Gasteiger partial charge in [0, 0.05) is 23.5 Å². The van der Waals surface area contributed by atoms with Gasteiger partial charge in [-0.2, -0.15) is 5.10 Å². The first kappa shape index (κ1) is 14.8. The fourth-order valence-corrected chi connectivity index (χ4v) is 3.01. The van der Waals surface area contributed by atoms with E-state index in [1.165, 1.54) is 10.9 Å². The molecule has 0 unspecified atom stereocenters. The number of nitrogens with zero attached hydrogens (tertiary/aromatic N) is 3. The van der Waals surface area contributed by atoms with Crippen LogP contribution in [0.1, 0.15) is 39.2 Å². The van der Waals surface area contributed by atoms with Crippen molar-refractivity contribution in [2.45, 2.75) is 46.6 Å². The zero-order chi connectivity index (χ0) is 15.7. The van der Waals surface area contributed by atoms with E-state index in [9.17, 15) is 0 Å². The molecule has 3 aromatic rings. The van der Waals surface area contributed by atoms with Gasteiger partial charge >= 0.3 is 0 Å². The molecule has 1 aromatic carbocycles. The van der Waals surface area contributed by atoms with Crippen molar-refractivity contribution in [2.75, 3.05) is 5.73 Å². The van der Waals surface area contributed by atoms with Gasteiger partial charge in [-0.1, -0.05) is 39.3 Å². The zero-order valence-electron chi connectivity index (χ0n) is 13.6. The van der Waals surface area contributed by atoms with Crippen LogP contribution in [0.3, 0.4) is 0 Å². The molecule has 0 aliphatic heterocycles. The van der Waals surface area contributed by atoms with E-state index in [0.717, 1.165) is 42.2 Å². The van der Waals surface area contributed by atoms with E-state index in [1.807, 2.05) is 10.7 Å². The van der Waals surface area contributed by atoms with Gasteiger partial charge in [-0.3, -0.25) is 4.68 Å². The van der Waals surface area contributed by atoms with Crippen LogP contribution < -0.4 is 5.73 Å². The Balaban J connectivity index is 2.24. The molecule has 0 saturated carbocycles. The van der Waals surface area contributed by atoms with Crippen LogP contribution >= 0.6 is 0 Å². The normalized spacial score (nSPS) is 11.8. The molecule has 3 rings (SSSR count). The van der Waals surface area contributed by atoms with Gasteiger partial charge in [0.05, 0.1) is 5.52 Å². The van der Waals surface area contributed by atoms with Crippen LogP contribution in [-0.4, -0.2) is 14.8 Å². The average molecular weight is 296 g/mol. The number of hydrogen-bond acceptors (Lipinski definition) is 3. The number of benzene rings is 1. The van der Waals surface area contributed by atoms with Crippen molar-refractivity contribution >= 4 is 27.6 Å². The molecular weight excluding hydrogens is 272 g/mol. The molecule has 4 heteroatoms. The molecule has 4 nitrogen and oxygen atoms in total. The van der Waals surface area contributed by atoms with Gasteiger partial charge in [-0.25, -0.2) is 4.98 Å². The Bertz CT molecular complexity index is 802. The molecule has 0 atom stereocenters. The highest BCUT2D eigenvalue weighted by Gasteiger charge is 2.14. The second kappa shape index (κ2) is 5.95. The topological polar surface area (TPSA) is 56.7 Å². The van der Waals surface area contributed by atoms with Crippen LogP contribution in [0.2, 0.25) is 0 Å². The predicted octanol–water partition coefficient (Wildman–Crippen LogP) is 4.17. The van der Waals surface area contributed by atoms with E-state index in [4.69, 9.17) is 5.73 Å². The third-order valence-corrected chi connectivity index (χ3v) is 4.01. The summed E-state index contributed by atoms with van der Waals surface area (Å²) in [5.41, 5.74) is 9.27. The Morgan fingerprint density at radius 2 is 2.09 bits per heavy atom. The van der Waals surface area contributed by atoms with Gasteiger partial charge in [0.25, 0.3) is 0 Å². The summed E-state index contributed by atoms with van der Waals surface area (Å²) in [6.07, 6.45) is 5.45. The van der Waals surface area contributed by atoms with Crippen molar-refractivity contribution < 1.29 is 0 Å². The van der Waals surface area contributed by atoms with Gasteiger partial charge in [0.15, 0.2) is 5.82 Å². The lowest BCUT2D eigenvalue weighted by Gasteiger charge is -2.10. The first-order chi connectivity index (χ1) is 10.6. The second-order valence-electron chi connectivity index (χ2n) is 6.41. The number of fused-ring (bicyclic) bond motifs is 3. The van der Waals surface area contributed by atoms with Crippen LogP contribution in [0, 0.1) is 5.92 Å². The number of aromatic nitrogens is 3. The summed E-state index contributed by atoms with van der Waals surface area (Å²) < 4.78 is 2.01. The molecular formula is C18H24N4. The maximum absolute atomic E-state index is 6.13. The molecule has 0 saturated heterocycles. The number of anilines is 1. The fraction of sp³-hybridized carbons (Fsp3) is 0.444. The first-order valence-corrected chi connectivity index (χ1v) is 8.14. The van der Waals surface area contributed by atoms with Crippen LogP contribution in [-0.2, 0) is 13.0 Å². The van der Waals surface area contributed by atoms with Crippen molar-refractivity contribution in [1.82, 2.24) is 14.8 Å². The Morgan fingerprint density at radius 1 is 1.27 bits per heavy atom. The quantitative estimate of drug-likeness (QED) is 0.769. The van der Waals surface area contributed by atoms with Crippen LogP contribution in [0.15, 0.2) is 24.4 Å². The Morgan fingerprint density at radius 3 is 2.82 bits per heavy atom. The molecule has 0 aliphatic carbocycles. The largest absolute Gasteiger partial charge is 0.382 e. The van der Waals surface area contributed by atoms with Crippen LogP contribution in [0.5, 0.6) is 0 Å². The minimum Gasteiger partial charge on any atom is -0.382 e. The fourth-order valence-electron chi connectivity index (χ4n) is 3.01. The highest BCUT2D eigenvalue weighted by molar-refractivity contribution is 6.09. The summed E-state index contributed by atoms with van der Waals surface area (Å²) in [6, 6.07) is 6.31. The molecule has 2 N–H and O–H groups in total. The van der Waals surface area contributed by atoms with Gasteiger partial charge in [-0.15, -0.1) is 0 Å². The summed E-state index contributed by atoms with van der Waals surface area (Å²) >= 11 is 0. The number of hydrogen-bond donors (Lipinski definition) is 1. The second-order valence-corrected chi connectivity index (χ2v) is 6.41. The number of aryl methyl sites for hydroxylation is 1. The van der Waals surface area contributed by atoms with Crippen molar-refractivity contribution in [3.05, 3.63) is 30.0 Å². The molecule has 0 aliphatic rings. The Hall–Kier alpha value is -2.10. The van der Waals surface area contributed by atoms with E-state index in [0.29, 0.717) is 11.7 Å². The van der Waals surface area contributed by atoms with Crippen LogP contribution in [0.25, 0.3) is 21.8 Å². The standard InChI is InChI=1S/C18H24N4/c1-4-5-9-22-11-14-16-13(10-12(2)3)7-6-8-15(16)20-18(19)17(14)21-22/h6-8,11-12H,4-5,9-10H2,1-3H3,(H2,19,20). The number of unbranched alkanes of at least 4 members (excludes halogenated alkanes) is 1. The lowest BCUT2D eigenvalue weighted by molar-refractivity contribution is 0.577. The van der Waals surface area contributed by atoms with Crippen molar-refractivity contribution in [1.29, 1.82) is 0 Å². The van der Waals surface area contributed by atoms with Gasteiger partial charge in [0.1, 0.15) is 5.52 Å². The van der Waals surface area contributed by atoms with E-state index in [-0.39, 0.29) is 0 Å². The minimum atomic E-state index is 0.527. The van der Waals surface area contributed by atoms with E-state index in [2.05, 4.69) is 49.2 Å². The molecule has 22 heavy (non-hydrogen) atoms. The van der Waals surface area contributed by atoms with Crippen LogP contribution in [0.4, 0.5) is 5.82 Å². The van der Waals surface area contributed by atoms with Crippen molar-refractivity contribution in [3.63, 3.8) is 0 Å². The Kier molecular flexibility index (Phi) is 4.01. The number of nitrogen functional groups attached to an aromatic ring is 1. The van der Waals surface area contributed by atoms with Crippen molar-refractivity contribution in [3.8, 4) is 0 Å². The van der Waals surface area contributed by atoms with E-state index in [1.54, 1.807) is 0 Å². The highest BCUT2D eigenvalue weighted by Crippen LogP contribution is 2.30. The number of pyridine rings is 1. The van der Waals surface area contributed by atoms with E-state index >= 15 is 0 Å². The minimum absolute atomic E-state index is 0.527. The molecule has 0 amide bonds. The van der Waals surface area contributed by atoms with E-state index < -0.39 is 0 Å². The van der Waals surface area contributed by atoms with Gasteiger partial charge in [-0.05, 0) is 30.4 Å². The Labute approximate surface area is 131 Å². The molecule has 0 fully saturated rings. The van der Waals surface area contributed by atoms with Gasteiger partial charge in [0.2, 0.25) is 0 Å². The molecule has 2 heterocycles.